The van der Waals surface area contributed by atoms with Crippen molar-refractivity contribution in [3.05, 3.63) is 0 Å². The Balaban J connectivity index is 3.13. The van der Waals surface area contributed by atoms with Crippen LogP contribution in [0.5, 0.6) is 0 Å². The second kappa shape index (κ2) is 6.05. The molecule has 0 aromatic rings. The quantitative estimate of drug-likeness (QED) is 0.625. The lowest BCUT2D eigenvalue weighted by Crippen LogP contribution is -2.28. The van der Waals surface area contributed by atoms with Crippen LogP contribution in [0.4, 0.5) is 0 Å². The minimum atomic E-state index is 0.386. The summed E-state index contributed by atoms with van der Waals surface area (Å²) < 4.78 is 0. The molecule has 0 heterocycles. The summed E-state index contributed by atoms with van der Waals surface area (Å²) in [5, 5.41) is 0. The molecule has 0 amide bonds. The van der Waals surface area contributed by atoms with Crippen LogP contribution in [0.2, 0.25) is 0 Å². The molecule has 0 saturated heterocycles. The van der Waals surface area contributed by atoms with Gasteiger partial charge in [0.25, 0.3) is 0 Å². The van der Waals surface area contributed by atoms with Crippen molar-refractivity contribution in [1.82, 2.24) is 0 Å². The molecule has 1 atom stereocenters. The molecule has 2 heteroatoms. The first-order chi connectivity index (χ1) is 4.68. The monoisotopic (exact) mass is 161 g/mol. The number of thioether (sulfide) groups is 1. The van der Waals surface area contributed by atoms with Gasteiger partial charge in [0.15, 0.2) is 0 Å². The summed E-state index contributed by atoms with van der Waals surface area (Å²) >= 11 is 1.96. The number of hydrogen-bond donors (Lipinski definition) is 1. The summed E-state index contributed by atoms with van der Waals surface area (Å²) in [4.78, 5) is 0. The van der Waals surface area contributed by atoms with Crippen molar-refractivity contribution < 1.29 is 0 Å². The first-order valence-corrected chi connectivity index (χ1v) is 5.17. The van der Waals surface area contributed by atoms with Crippen molar-refractivity contribution in [1.29, 1.82) is 0 Å². The summed E-state index contributed by atoms with van der Waals surface area (Å²) in [5.74, 6) is 3.00. The fourth-order valence-electron chi connectivity index (χ4n) is 0.556. The van der Waals surface area contributed by atoms with Crippen LogP contribution in [0.3, 0.4) is 0 Å². The molecule has 0 spiro atoms. The maximum absolute atomic E-state index is 5.84. The average Bonchev–Trinajstić information content (AvgIpc) is 1.88. The summed E-state index contributed by atoms with van der Waals surface area (Å²) in [7, 11) is 0. The Morgan fingerprint density at radius 2 is 2.00 bits per heavy atom. The van der Waals surface area contributed by atoms with Crippen molar-refractivity contribution in [3.8, 4) is 0 Å². The van der Waals surface area contributed by atoms with Crippen molar-refractivity contribution in [2.45, 2.75) is 33.2 Å². The van der Waals surface area contributed by atoms with E-state index in [1.54, 1.807) is 0 Å². The van der Waals surface area contributed by atoms with Gasteiger partial charge in [-0.3, -0.25) is 0 Å². The van der Waals surface area contributed by atoms with Crippen LogP contribution in [0.15, 0.2) is 0 Å². The molecular formula is C8H19NS. The third-order valence-electron chi connectivity index (χ3n) is 1.52. The normalized spacial score (nSPS) is 14.1. The van der Waals surface area contributed by atoms with Gasteiger partial charge in [0.1, 0.15) is 0 Å². The van der Waals surface area contributed by atoms with Crippen molar-refractivity contribution in [2.24, 2.45) is 11.7 Å². The predicted octanol–water partition coefficient (Wildman–Crippen LogP) is 2.11. The highest BCUT2D eigenvalue weighted by Gasteiger charge is 2.05. The zero-order valence-electron chi connectivity index (χ0n) is 7.26. The lowest BCUT2D eigenvalue weighted by atomic mass is 10.1. The maximum atomic E-state index is 5.84. The number of nitrogens with two attached hydrogens (primary N) is 1. The van der Waals surface area contributed by atoms with Crippen LogP contribution >= 0.6 is 11.8 Å². The molecule has 0 aromatic carbocycles. The first-order valence-electron chi connectivity index (χ1n) is 4.01. The van der Waals surface area contributed by atoms with E-state index in [0.29, 0.717) is 12.0 Å². The van der Waals surface area contributed by atoms with Gasteiger partial charge in [-0.1, -0.05) is 20.8 Å². The van der Waals surface area contributed by atoms with Gasteiger partial charge in [-0.2, -0.15) is 11.8 Å². The van der Waals surface area contributed by atoms with Gasteiger partial charge in [0.05, 0.1) is 0 Å². The lowest BCUT2D eigenvalue weighted by Gasteiger charge is -2.14. The molecule has 0 aliphatic heterocycles. The average molecular weight is 161 g/mol. The van der Waals surface area contributed by atoms with E-state index in [4.69, 9.17) is 5.73 Å². The third-order valence-corrected chi connectivity index (χ3v) is 2.83. The molecule has 62 valence electrons. The molecule has 0 fully saturated rings. The molecule has 2 N–H and O–H groups in total. The number of rotatable bonds is 5. The Kier molecular flexibility index (Phi) is 6.24. The minimum Gasteiger partial charge on any atom is -0.327 e. The molecule has 0 unspecified atom stereocenters. The second-order valence-corrected chi connectivity index (χ2v) is 4.13. The van der Waals surface area contributed by atoms with Crippen LogP contribution in [0.1, 0.15) is 27.2 Å². The van der Waals surface area contributed by atoms with Crippen LogP contribution in [0.25, 0.3) is 0 Å². The maximum Gasteiger partial charge on any atom is 0.0153 e. The molecule has 0 aliphatic carbocycles. The molecular weight excluding hydrogens is 142 g/mol. The van der Waals surface area contributed by atoms with Crippen LogP contribution < -0.4 is 5.73 Å². The summed E-state index contributed by atoms with van der Waals surface area (Å²) in [5.41, 5.74) is 5.84. The van der Waals surface area contributed by atoms with Crippen LogP contribution in [-0.4, -0.2) is 17.5 Å². The Labute approximate surface area is 68.8 Å². The standard InChI is InChI=1S/C8H19NS/c1-4-5-10-6-8(9)7(2)3/h7-8H,4-6,9H2,1-3H3/t8-/m0/s1. The highest BCUT2D eigenvalue weighted by Crippen LogP contribution is 2.08. The summed E-state index contributed by atoms with van der Waals surface area (Å²) in [6, 6.07) is 0.386. The molecule has 0 aromatic heterocycles. The Hall–Kier alpha value is 0.310. The Bertz CT molecular complexity index is 73.7. The van der Waals surface area contributed by atoms with Gasteiger partial charge < -0.3 is 5.73 Å². The highest BCUT2D eigenvalue weighted by atomic mass is 32.2. The summed E-state index contributed by atoms with van der Waals surface area (Å²) in [6.45, 7) is 6.56. The largest absolute Gasteiger partial charge is 0.327 e. The molecule has 0 aliphatic rings. The highest BCUT2D eigenvalue weighted by molar-refractivity contribution is 7.99. The smallest absolute Gasteiger partial charge is 0.0153 e. The molecule has 0 bridgehead atoms. The van der Waals surface area contributed by atoms with Gasteiger partial charge in [-0.15, -0.1) is 0 Å². The van der Waals surface area contributed by atoms with E-state index < -0.39 is 0 Å². The zero-order chi connectivity index (χ0) is 7.98. The van der Waals surface area contributed by atoms with Gasteiger partial charge in [-0.25, -0.2) is 0 Å². The van der Waals surface area contributed by atoms with E-state index >= 15 is 0 Å². The lowest BCUT2D eigenvalue weighted by molar-refractivity contribution is 0.535. The SMILES string of the molecule is CCCSC[C@H](N)C(C)C. The molecule has 10 heavy (non-hydrogen) atoms. The van der Waals surface area contributed by atoms with E-state index in [1.165, 1.54) is 12.2 Å². The van der Waals surface area contributed by atoms with Gasteiger partial charge in [0.2, 0.25) is 0 Å². The third kappa shape index (κ3) is 5.12. The fourth-order valence-corrected chi connectivity index (χ4v) is 1.67. The molecule has 0 radical (unpaired) electrons. The first kappa shape index (κ1) is 10.3. The minimum absolute atomic E-state index is 0.386. The van der Waals surface area contributed by atoms with Gasteiger partial charge in [0, 0.05) is 11.8 Å². The second-order valence-electron chi connectivity index (χ2n) is 2.98. The van der Waals surface area contributed by atoms with Gasteiger partial charge in [-0.05, 0) is 18.1 Å². The Morgan fingerprint density at radius 1 is 1.40 bits per heavy atom. The molecule has 1 nitrogen and oxygen atoms in total. The topological polar surface area (TPSA) is 26.0 Å². The van der Waals surface area contributed by atoms with E-state index in [1.807, 2.05) is 11.8 Å². The van der Waals surface area contributed by atoms with Gasteiger partial charge >= 0.3 is 0 Å². The van der Waals surface area contributed by atoms with Crippen molar-refractivity contribution in [3.63, 3.8) is 0 Å². The number of hydrogen-bond acceptors (Lipinski definition) is 2. The summed E-state index contributed by atoms with van der Waals surface area (Å²) in [6.07, 6.45) is 1.26. The van der Waals surface area contributed by atoms with E-state index in [-0.39, 0.29) is 0 Å². The van der Waals surface area contributed by atoms with Crippen molar-refractivity contribution in [2.75, 3.05) is 11.5 Å². The molecule has 0 saturated carbocycles. The van der Waals surface area contributed by atoms with E-state index in [2.05, 4.69) is 20.8 Å². The molecule has 0 rings (SSSR count). The van der Waals surface area contributed by atoms with E-state index in [0.717, 1.165) is 5.75 Å². The fraction of sp³-hybridized carbons (Fsp3) is 1.00. The predicted molar refractivity (Wildman–Crippen MR) is 50.4 cm³/mol. The van der Waals surface area contributed by atoms with Crippen LogP contribution in [0, 0.1) is 5.92 Å². The van der Waals surface area contributed by atoms with E-state index in [9.17, 15) is 0 Å². The van der Waals surface area contributed by atoms with Crippen LogP contribution in [-0.2, 0) is 0 Å². The zero-order valence-corrected chi connectivity index (χ0v) is 8.08. The Morgan fingerprint density at radius 3 is 2.40 bits per heavy atom. The van der Waals surface area contributed by atoms with Crippen molar-refractivity contribution >= 4 is 11.8 Å².